The highest BCUT2D eigenvalue weighted by Gasteiger charge is 2.64. The number of hydrogen-bond donors (Lipinski definition) is 1. The summed E-state index contributed by atoms with van der Waals surface area (Å²) in [7, 11) is -1.36. The Morgan fingerprint density at radius 2 is 0.747 bits per heavy atom. The molecule has 3 aromatic heterocycles. The van der Waals surface area contributed by atoms with E-state index in [1.54, 1.807) is 27.1 Å². The van der Waals surface area contributed by atoms with Gasteiger partial charge in [0, 0.05) is 112 Å². The molecule has 9 heterocycles. The minimum Gasteiger partial charge on any atom is -0.444 e. The number of carbonyl (C=O) groups is 3. The van der Waals surface area contributed by atoms with Gasteiger partial charge in [-0.05, 0) is 224 Å². The van der Waals surface area contributed by atoms with Crippen molar-refractivity contribution in [1.82, 2.24) is 35.0 Å². The molecule has 3 aromatic rings. The zero-order valence-electron chi connectivity index (χ0n) is 55.5. The van der Waals surface area contributed by atoms with Crippen molar-refractivity contribution in [1.29, 1.82) is 0 Å². The molecule has 0 bridgehead atoms. The average Bonchev–Trinajstić information content (AvgIpc) is 1.70. The number of carbonyl (C=O) groups excluding carboxylic acids is 3. The van der Waals surface area contributed by atoms with E-state index in [2.05, 4.69) is 77.9 Å². The largest absolute Gasteiger partial charge is 0.496 e. The van der Waals surface area contributed by atoms with Crippen LogP contribution in [-0.4, -0.2) is 198 Å². The molecule has 0 spiro atoms. The summed E-state index contributed by atoms with van der Waals surface area (Å²) in [6.07, 6.45) is 4.66. The summed E-state index contributed by atoms with van der Waals surface area (Å²) in [5.74, 6) is 1.83. The predicted octanol–water partition coefficient (Wildman–Crippen LogP) is 11.0. The third-order valence-corrected chi connectivity index (χ3v) is 17.2. The highest BCUT2D eigenvalue weighted by molar-refractivity contribution is 9.11. The number of pyridine rings is 3. The first-order valence-corrected chi connectivity index (χ1v) is 32.3. The van der Waals surface area contributed by atoms with Gasteiger partial charge in [0.25, 0.3) is 0 Å². The van der Waals surface area contributed by atoms with Crippen molar-refractivity contribution in [2.24, 2.45) is 0 Å². The number of hydrogen-bond acceptors (Lipinski definition) is 18. The van der Waals surface area contributed by atoms with Gasteiger partial charge >= 0.3 is 39.4 Å². The molecule has 0 atom stereocenters. The monoisotopic (exact) mass is 1410 g/mol. The fraction of sp³-hybridized carbons (Fsp3) is 0.700. The molecule has 27 heteroatoms. The number of ether oxygens (including phenoxy) is 3. The summed E-state index contributed by atoms with van der Waals surface area (Å²) >= 11 is 9.85. The lowest BCUT2D eigenvalue weighted by Crippen LogP contribution is -2.50. The number of amides is 3. The molecule has 0 unspecified atom stereocenters. The number of nitrogens with zero attached hydrogens (tertiary/aromatic N) is 8. The molecule has 1 N–H and O–H groups in total. The minimum absolute atomic E-state index is 0.200. The first kappa shape index (κ1) is 73.9. The summed E-state index contributed by atoms with van der Waals surface area (Å²) in [6.45, 7) is 50.1. The lowest BCUT2D eigenvalue weighted by atomic mass is 9.49. The third-order valence-electron chi connectivity index (χ3n) is 15.7. The molecule has 0 saturated carbocycles. The van der Waals surface area contributed by atoms with E-state index in [9.17, 15) is 14.4 Å². The summed E-state index contributed by atoms with van der Waals surface area (Å²) in [5.41, 5.74) is -2.56. The van der Waals surface area contributed by atoms with Crippen molar-refractivity contribution in [3.8, 4) is 0 Å². The molecule has 87 heavy (non-hydrogen) atoms. The van der Waals surface area contributed by atoms with Crippen LogP contribution >= 0.6 is 47.8 Å². The molecular weight excluding hydrogens is 1310 g/mol. The van der Waals surface area contributed by atoms with E-state index in [4.69, 9.17) is 42.1 Å². The fourth-order valence-electron chi connectivity index (χ4n) is 8.68. The average molecular weight is 1410 g/mol. The molecule has 0 aromatic carbocycles. The first-order chi connectivity index (χ1) is 39.9. The van der Waals surface area contributed by atoms with Gasteiger partial charge in [-0.2, -0.15) is 0 Å². The van der Waals surface area contributed by atoms with Crippen LogP contribution in [0.3, 0.4) is 0 Å². The number of nitrogens with one attached hydrogen (secondary N) is 1. The van der Waals surface area contributed by atoms with E-state index in [0.717, 1.165) is 83.0 Å². The number of halogens is 3. The Labute approximate surface area is 545 Å². The van der Waals surface area contributed by atoms with E-state index < -0.39 is 32.3 Å². The van der Waals surface area contributed by atoms with Gasteiger partial charge in [0.2, 0.25) is 0 Å². The molecule has 9 rings (SSSR count). The zero-order valence-corrected chi connectivity index (χ0v) is 60.3. The summed E-state index contributed by atoms with van der Waals surface area (Å²) in [6, 6.07) is 11.8. The van der Waals surface area contributed by atoms with Crippen LogP contribution in [0.5, 0.6) is 0 Å². The van der Waals surface area contributed by atoms with Crippen LogP contribution in [0.2, 0.25) is 0 Å². The molecule has 0 radical (unpaired) electrons. The van der Waals surface area contributed by atoms with Crippen molar-refractivity contribution in [2.75, 3.05) is 88.3 Å². The second-order valence-corrected chi connectivity index (χ2v) is 30.7. The van der Waals surface area contributed by atoms with Crippen LogP contribution in [0.15, 0.2) is 68.5 Å². The standard InChI is InChI=1S/C20H32BN3O4.C14H20BrN3O2.C12H24B2O4.C9H18N2O2.C5H3Br2N/c1-18(2,3)26-17(25)24-12-10-23(11-13-24)16-9-8-15(14-22-16)21-27-19(4,5)20(6,7)28-21;1-14(2,3)20-13(19)18-8-6-17(7-9-18)12-5-4-11(15)10-16-12;1-9(2)10(3,4)16-13(15-9)14-17-11(5,6)12(7,8)18-14;1-9(2,3)13-8(12)11-6-4-10-5-7-11;6-4-1-2-5(7)8-3-4/h8-9,14H,10-13H2,1-7H3;4-5,10H,6-9H2,1-3H3;1-8H3;10H,4-7H2,1-3H3;1-3H. The van der Waals surface area contributed by atoms with Gasteiger partial charge in [-0.1, -0.05) is 6.07 Å². The Bertz CT molecular complexity index is 2590. The minimum atomic E-state index is -0.476. The van der Waals surface area contributed by atoms with Gasteiger partial charge in [-0.3, -0.25) is 0 Å². The van der Waals surface area contributed by atoms with Crippen molar-refractivity contribution in [2.45, 2.75) is 196 Å². The number of aromatic nitrogens is 3. The van der Waals surface area contributed by atoms with Crippen LogP contribution in [0.1, 0.15) is 145 Å². The van der Waals surface area contributed by atoms with Gasteiger partial charge in [0.05, 0.1) is 33.6 Å². The lowest BCUT2D eigenvalue weighted by molar-refractivity contribution is 0.00578. The van der Waals surface area contributed by atoms with Gasteiger partial charge < -0.3 is 72.0 Å². The van der Waals surface area contributed by atoms with Gasteiger partial charge in [0.1, 0.15) is 33.0 Å². The van der Waals surface area contributed by atoms with Gasteiger partial charge in [-0.15, -0.1) is 0 Å². The van der Waals surface area contributed by atoms with Crippen LogP contribution in [0.25, 0.3) is 0 Å². The Kier molecular flexibility index (Phi) is 25.2. The fourth-order valence-corrected chi connectivity index (χ4v) is 9.38. The van der Waals surface area contributed by atoms with Crippen LogP contribution < -0.4 is 20.6 Å². The normalized spacial score (nSPS) is 21.0. The Hall–Kier alpha value is -3.79. The molecule has 484 valence electrons. The zero-order chi connectivity index (χ0) is 65.4. The number of anilines is 2. The van der Waals surface area contributed by atoms with Crippen LogP contribution in [0, 0.1) is 0 Å². The molecule has 6 fully saturated rings. The Balaban J connectivity index is 0.000000208. The summed E-state index contributed by atoms with van der Waals surface area (Å²) in [4.78, 5) is 58.2. The Morgan fingerprint density at radius 1 is 0.437 bits per heavy atom. The Morgan fingerprint density at radius 3 is 1.03 bits per heavy atom. The number of rotatable bonds is 4. The summed E-state index contributed by atoms with van der Waals surface area (Å²) < 4.78 is 54.9. The van der Waals surface area contributed by atoms with E-state index in [-0.39, 0.29) is 57.5 Å². The van der Waals surface area contributed by atoms with Crippen LogP contribution in [0.4, 0.5) is 26.0 Å². The molecule has 21 nitrogen and oxygen atoms in total. The van der Waals surface area contributed by atoms with Gasteiger partial charge in [-0.25, -0.2) is 29.3 Å². The molecule has 3 amide bonds. The lowest BCUT2D eigenvalue weighted by Gasteiger charge is -2.36. The van der Waals surface area contributed by atoms with Crippen molar-refractivity contribution >= 4 is 104 Å². The van der Waals surface area contributed by atoms with Gasteiger partial charge in [0.15, 0.2) is 0 Å². The number of piperazine rings is 3. The molecule has 0 aliphatic carbocycles. The quantitative estimate of drug-likeness (QED) is 0.147. The van der Waals surface area contributed by atoms with Crippen molar-refractivity contribution < 1.29 is 56.5 Å². The van der Waals surface area contributed by atoms with E-state index in [0.29, 0.717) is 26.2 Å². The first-order valence-electron chi connectivity index (χ1n) is 29.9. The summed E-state index contributed by atoms with van der Waals surface area (Å²) in [5, 5.41) is 3.18. The van der Waals surface area contributed by atoms with Crippen molar-refractivity contribution in [3.05, 3.63) is 68.5 Å². The van der Waals surface area contributed by atoms with Crippen molar-refractivity contribution in [3.63, 3.8) is 0 Å². The third kappa shape index (κ3) is 22.2. The molecule has 6 aliphatic rings. The van der Waals surface area contributed by atoms with E-state index in [1.807, 2.05) is 188 Å². The SMILES string of the molecule is Brc1ccc(Br)nc1.CC(C)(C)OC(=O)N1CCN(c2ccc(B3OC(C)(C)C(C)(C)O3)cn2)CC1.CC(C)(C)OC(=O)N1CCN(c2ccc(Br)cn2)CC1.CC(C)(C)OC(=O)N1CCNCC1.CC1(C)OB(B2OC(C)(C)C(C)(C)O2)OC1(C)C. The highest BCUT2D eigenvalue weighted by atomic mass is 79.9. The molecule has 6 aliphatic heterocycles. The molecular formula is C60H97B3Br3N9O12. The second kappa shape index (κ2) is 29.7. The van der Waals surface area contributed by atoms with Crippen LogP contribution in [-0.2, 0) is 42.1 Å². The predicted molar refractivity (Wildman–Crippen MR) is 354 cm³/mol. The highest BCUT2D eigenvalue weighted by Crippen LogP contribution is 2.43. The maximum Gasteiger partial charge on any atom is 0.496 e. The van der Waals surface area contributed by atoms with E-state index in [1.165, 1.54) is 0 Å². The maximum absolute atomic E-state index is 12.2. The second-order valence-electron chi connectivity index (χ2n) is 28.0. The maximum atomic E-state index is 12.2. The molecule has 6 saturated heterocycles. The van der Waals surface area contributed by atoms with E-state index >= 15 is 0 Å². The topological polar surface area (TPSA) is 201 Å². The smallest absolute Gasteiger partial charge is 0.444 e.